The van der Waals surface area contributed by atoms with Crippen molar-refractivity contribution in [1.29, 1.82) is 0 Å². The predicted octanol–water partition coefficient (Wildman–Crippen LogP) is 2.26. The number of carbonyl (C=O) groups excluding carboxylic acids is 1. The van der Waals surface area contributed by atoms with Crippen LogP contribution in [0.4, 0.5) is 0 Å². The second kappa shape index (κ2) is 6.06. The number of fused-ring (bicyclic) bond motifs is 1. The maximum atomic E-state index is 12.4. The van der Waals surface area contributed by atoms with Crippen molar-refractivity contribution in [1.82, 2.24) is 5.32 Å². The van der Waals surface area contributed by atoms with Crippen molar-refractivity contribution < 1.29 is 9.53 Å². The normalized spacial score (nSPS) is 19.7. The molecule has 1 saturated carbocycles. The summed E-state index contributed by atoms with van der Waals surface area (Å²) in [5.74, 6) is 0.917. The zero-order valence-corrected chi connectivity index (χ0v) is 12.5. The van der Waals surface area contributed by atoms with Crippen molar-refractivity contribution >= 4 is 5.91 Å². The van der Waals surface area contributed by atoms with Crippen molar-refractivity contribution in [3.05, 3.63) is 29.3 Å². The fraction of sp³-hybridized carbons (Fsp3) is 0.588. The molecular weight excluding hydrogens is 264 g/mol. The minimum Gasteiger partial charge on any atom is -0.493 e. The summed E-state index contributed by atoms with van der Waals surface area (Å²) < 4.78 is 5.47. The molecule has 3 N–H and O–H groups in total. The van der Waals surface area contributed by atoms with Crippen molar-refractivity contribution in [3.63, 3.8) is 0 Å². The van der Waals surface area contributed by atoms with Crippen molar-refractivity contribution in [2.45, 2.75) is 38.5 Å². The standard InChI is InChI=1S/C17H24N2O2/c18-11-17(7-2-1-3-8-17)12-19-16(20)14-4-5-15-13(10-14)6-9-21-15/h4-5,10H,1-3,6-9,11-12,18H2,(H,19,20). The molecule has 4 heteroatoms. The van der Waals surface area contributed by atoms with E-state index in [1.807, 2.05) is 18.2 Å². The molecule has 3 rings (SSSR count). The molecule has 1 amide bonds. The van der Waals surface area contributed by atoms with Crippen molar-refractivity contribution in [2.24, 2.45) is 11.1 Å². The molecule has 21 heavy (non-hydrogen) atoms. The number of hydrogen-bond donors (Lipinski definition) is 2. The van der Waals surface area contributed by atoms with Gasteiger partial charge in [-0.25, -0.2) is 0 Å². The Morgan fingerprint density at radius 2 is 2.10 bits per heavy atom. The van der Waals surface area contributed by atoms with Crippen LogP contribution < -0.4 is 15.8 Å². The SMILES string of the molecule is NCC1(CNC(=O)c2ccc3c(c2)CCO3)CCCCC1. The van der Waals surface area contributed by atoms with E-state index in [1.54, 1.807) is 0 Å². The van der Waals surface area contributed by atoms with E-state index in [2.05, 4.69) is 5.32 Å². The van der Waals surface area contributed by atoms with E-state index >= 15 is 0 Å². The maximum Gasteiger partial charge on any atom is 0.251 e. The first kappa shape index (κ1) is 14.4. The fourth-order valence-corrected chi connectivity index (χ4v) is 3.45. The lowest BCUT2D eigenvalue weighted by molar-refractivity contribution is 0.0914. The van der Waals surface area contributed by atoms with E-state index in [1.165, 1.54) is 19.3 Å². The zero-order chi connectivity index (χ0) is 14.7. The third kappa shape index (κ3) is 3.05. The monoisotopic (exact) mass is 288 g/mol. The molecule has 1 heterocycles. The summed E-state index contributed by atoms with van der Waals surface area (Å²) in [6, 6.07) is 5.69. The minimum atomic E-state index is 0.00287. The Labute approximate surface area is 126 Å². The minimum absolute atomic E-state index is 0.00287. The lowest BCUT2D eigenvalue weighted by Crippen LogP contribution is -2.43. The molecule has 0 bridgehead atoms. The molecule has 0 aromatic heterocycles. The van der Waals surface area contributed by atoms with Crippen LogP contribution in [0.3, 0.4) is 0 Å². The first-order valence-corrected chi connectivity index (χ1v) is 7.96. The van der Waals surface area contributed by atoms with E-state index in [9.17, 15) is 4.79 Å². The van der Waals surface area contributed by atoms with Crippen molar-refractivity contribution in [2.75, 3.05) is 19.7 Å². The average Bonchev–Trinajstić information content (AvgIpc) is 3.01. The van der Waals surface area contributed by atoms with Crippen LogP contribution in [0.2, 0.25) is 0 Å². The maximum absolute atomic E-state index is 12.4. The van der Waals surface area contributed by atoms with Gasteiger partial charge in [-0.2, -0.15) is 0 Å². The largest absolute Gasteiger partial charge is 0.493 e. The molecule has 2 aliphatic rings. The van der Waals surface area contributed by atoms with Gasteiger partial charge in [-0.05, 0) is 48.6 Å². The molecule has 0 radical (unpaired) electrons. The molecule has 0 unspecified atom stereocenters. The molecule has 1 aliphatic heterocycles. The van der Waals surface area contributed by atoms with Crippen LogP contribution in [0, 0.1) is 5.41 Å². The molecule has 114 valence electrons. The summed E-state index contributed by atoms with van der Waals surface area (Å²) >= 11 is 0. The molecular formula is C17H24N2O2. The lowest BCUT2D eigenvalue weighted by Gasteiger charge is -2.36. The molecule has 0 spiro atoms. The molecule has 0 atom stereocenters. The summed E-state index contributed by atoms with van der Waals surface area (Å²) in [5, 5.41) is 3.09. The van der Waals surface area contributed by atoms with Gasteiger partial charge in [0.05, 0.1) is 6.61 Å². The molecule has 1 aromatic rings. The van der Waals surface area contributed by atoms with E-state index in [0.29, 0.717) is 13.1 Å². The number of ether oxygens (including phenoxy) is 1. The summed E-state index contributed by atoms with van der Waals surface area (Å²) in [4.78, 5) is 12.4. The molecule has 1 aromatic carbocycles. The Bertz CT molecular complexity index is 522. The highest BCUT2D eigenvalue weighted by atomic mass is 16.5. The van der Waals surface area contributed by atoms with Crippen LogP contribution in [0.1, 0.15) is 48.0 Å². The number of carbonyl (C=O) groups is 1. The third-order valence-electron chi connectivity index (χ3n) is 4.92. The van der Waals surface area contributed by atoms with Crippen LogP contribution in [0.25, 0.3) is 0 Å². The first-order chi connectivity index (χ1) is 10.2. The fourth-order valence-electron chi connectivity index (χ4n) is 3.45. The summed E-state index contributed by atoms with van der Waals surface area (Å²) in [7, 11) is 0. The Balaban J connectivity index is 1.63. The highest BCUT2D eigenvalue weighted by Crippen LogP contribution is 2.34. The van der Waals surface area contributed by atoms with Gasteiger partial charge in [0, 0.05) is 18.5 Å². The van der Waals surface area contributed by atoms with Gasteiger partial charge in [0.15, 0.2) is 0 Å². The third-order valence-corrected chi connectivity index (χ3v) is 4.92. The molecule has 4 nitrogen and oxygen atoms in total. The van der Waals surface area contributed by atoms with E-state index in [0.717, 1.165) is 42.7 Å². The van der Waals surface area contributed by atoms with Crippen LogP contribution in [-0.2, 0) is 6.42 Å². The van der Waals surface area contributed by atoms with E-state index in [-0.39, 0.29) is 11.3 Å². The van der Waals surface area contributed by atoms with E-state index in [4.69, 9.17) is 10.5 Å². The number of amides is 1. The topological polar surface area (TPSA) is 64.3 Å². The van der Waals surface area contributed by atoms with Gasteiger partial charge in [0.1, 0.15) is 5.75 Å². The molecule has 0 saturated heterocycles. The smallest absolute Gasteiger partial charge is 0.251 e. The molecule has 1 aliphatic carbocycles. The number of nitrogens with two attached hydrogens (primary N) is 1. The van der Waals surface area contributed by atoms with Crippen LogP contribution in [0.5, 0.6) is 5.75 Å². The number of rotatable bonds is 4. The Morgan fingerprint density at radius 1 is 1.29 bits per heavy atom. The van der Waals surface area contributed by atoms with Gasteiger partial charge in [-0.1, -0.05) is 19.3 Å². The Morgan fingerprint density at radius 3 is 2.86 bits per heavy atom. The van der Waals surface area contributed by atoms with Crippen LogP contribution >= 0.6 is 0 Å². The van der Waals surface area contributed by atoms with Gasteiger partial charge in [-0.15, -0.1) is 0 Å². The predicted molar refractivity (Wildman–Crippen MR) is 82.5 cm³/mol. The molecule has 1 fully saturated rings. The zero-order valence-electron chi connectivity index (χ0n) is 12.5. The summed E-state index contributed by atoms with van der Waals surface area (Å²) in [6.07, 6.45) is 6.89. The van der Waals surface area contributed by atoms with Crippen LogP contribution in [-0.4, -0.2) is 25.6 Å². The van der Waals surface area contributed by atoms with Crippen molar-refractivity contribution in [3.8, 4) is 5.75 Å². The quantitative estimate of drug-likeness (QED) is 0.893. The van der Waals surface area contributed by atoms with Gasteiger partial charge in [-0.3, -0.25) is 4.79 Å². The number of hydrogen-bond acceptors (Lipinski definition) is 3. The van der Waals surface area contributed by atoms with Gasteiger partial charge < -0.3 is 15.8 Å². The number of nitrogens with one attached hydrogen (secondary N) is 1. The highest BCUT2D eigenvalue weighted by Gasteiger charge is 2.31. The Hall–Kier alpha value is -1.55. The van der Waals surface area contributed by atoms with Gasteiger partial charge in [0.2, 0.25) is 0 Å². The highest BCUT2D eigenvalue weighted by molar-refractivity contribution is 5.94. The second-order valence-electron chi connectivity index (χ2n) is 6.37. The van der Waals surface area contributed by atoms with E-state index < -0.39 is 0 Å². The average molecular weight is 288 g/mol. The summed E-state index contributed by atoms with van der Waals surface area (Å²) in [6.45, 7) is 2.07. The second-order valence-corrected chi connectivity index (χ2v) is 6.37. The van der Waals surface area contributed by atoms with Gasteiger partial charge in [0.25, 0.3) is 5.91 Å². The Kier molecular flexibility index (Phi) is 4.15. The van der Waals surface area contributed by atoms with Crippen LogP contribution in [0.15, 0.2) is 18.2 Å². The lowest BCUT2D eigenvalue weighted by atomic mass is 9.74. The first-order valence-electron chi connectivity index (χ1n) is 7.96. The number of benzene rings is 1. The summed E-state index contributed by atoms with van der Waals surface area (Å²) in [5.41, 5.74) is 7.93. The van der Waals surface area contributed by atoms with Gasteiger partial charge >= 0.3 is 0 Å².